The second-order valence-corrected chi connectivity index (χ2v) is 9.05. The number of hydrogen-bond donors (Lipinski definition) is 2. The van der Waals surface area contributed by atoms with Crippen LogP contribution in [-0.4, -0.2) is 27.3 Å². The fourth-order valence-electron chi connectivity index (χ4n) is 3.46. The number of sulfonamides is 1. The van der Waals surface area contributed by atoms with Crippen LogP contribution in [0.25, 0.3) is 0 Å². The molecule has 0 unspecified atom stereocenters. The molecule has 0 spiro atoms. The summed E-state index contributed by atoms with van der Waals surface area (Å²) >= 11 is 0. The van der Waals surface area contributed by atoms with Gasteiger partial charge in [0.05, 0.1) is 16.7 Å². The molecular formula is C19H19N3O4S. The van der Waals surface area contributed by atoms with Crippen LogP contribution in [0.4, 0.5) is 17.1 Å². The number of rotatable bonds is 3. The normalized spacial score (nSPS) is 17.5. The molecular weight excluding hydrogens is 366 g/mol. The van der Waals surface area contributed by atoms with Crippen LogP contribution in [0, 0.1) is 0 Å². The average Bonchev–Trinajstić information content (AvgIpc) is 3.01. The van der Waals surface area contributed by atoms with E-state index in [-0.39, 0.29) is 23.1 Å². The summed E-state index contributed by atoms with van der Waals surface area (Å²) < 4.78 is 28.2. The maximum absolute atomic E-state index is 12.8. The van der Waals surface area contributed by atoms with Crippen LogP contribution in [-0.2, 0) is 31.4 Å². The van der Waals surface area contributed by atoms with Crippen molar-refractivity contribution in [2.45, 2.75) is 30.6 Å². The highest BCUT2D eigenvalue weighted by Crippen LogP contribution is 2.39. The first-order valence-electron chi connectivity index (χ1n) is 8.48. The van der Waals surface area contributed by atoms with Crippen molar-refractivity contribution >= 4 is 38.9 Å². The smallest absolute Gasteiger partial charge is 0.261 e. The molecule has 140 valence electrons. The first-order valence-corrected chi connectivity index (χ1v) is 9.96. The van der Waals surface area contributed by atoms with E-state index in [9.17, 15) is 18.0 Å². The van der Waals surface area contributed by atoms with Crippen LogP contribution in [0.15, 0.2) is 41.3 Å². The molecule has 0 saturated heterocycles. The van der Waals surface area contributed by atoms with Gasteiger partial charge >= 0.3 is 0 Å². The molecule has 0 atom stereocenters. The third-order valence-corrected chi connectivity index (χ3v) is 6.58. The number of hydrogen-bond acceptors (Lipinski definition) is 4. The highest BCUT2D eigenvalue weighted by molar-refractivity contribution is 7.92. The molecule has 2 aliphatic rings. The van der Waals surface area contributed by atoms with E-state index in [1.165, 1.54) is 17.0 Å². The van der Waals surface area contributed by atoms with Crippen LogP contribution < -0.4 is 14.9 Å². The number of nitrogens with zero attached hydrogens (tertiary/aromatic N) is 1. The lowest BCUT2D eigenvalue weighted by Gasteiger charge is -2.16. The Hall–Kier alpha value is -2.87. The van der Waals surface area contributed by atoms with E-state index in [0.29, 0.717) is 16.9 Å². The van der Waals surface area contributed by atoms with Gasteiger partial charge in [0, 0.05) is 24.1 Å². The number of carbonyl (C=O) groups excluding carboxylic acids is 2. The van der Waals surface area contributed by atoms with Crippen LogP contribution in [0.5, 0.6) is 0 Å². The summed E-state index contributed by atoms with van der Waals surface area (Å²) in [7, 11) is -2.15. The number of anilines is 3. The molecule has 2 amide bonds. The van der Waals surface area contributed by atoms with Crippen molar-refractivity contribution in [3.05, 3.63) is 47.5 Å². The molecule has 2 heterocycles. The van der Waals surface area contributed by atoms with Crippen LogP contribution in [0.3, 0.4) is 0 Å². The largest absolute Gasteiger partial charge is 0.325 e. The molecule has 7 nitrogen and oxygen atoms in total. The van der Waals surface area contributed by atoms with Gasteiger partial charge in [-0.25, -0.2) is 8.42 Å². The van der Waals surface area contributed by atoms with Crippen molar-refractivity contribution < 1.29 is 18.0 Å². The Bertz CT molecular complexity index is 1110. The fraction of sp³-hybridized carbons (Fsp3) is 0.263. The molecule has 0 radical (unpaired) electrons. The quantitative estimate of drug-likeness (QED) is 0.847. The minimum Gasteiger partial charge on any atom is -0.325 e. The number of likely N-dealkylation sites (N-methyl/N-ethyl adjacent to an activating group) is 1. The topological polar surface area (TPSA) is 95.6 Å². The van der Waals surface area contributed by atoms with E-state index in [0.717, 1.165) is 11.3 Å². The Morgan fingerprint density at radius 1 is 1.11 bits per heavy atom. The summed E-state index contributed by atoms with van der Waals surface area (Å²) in [4.78, 5) is 25.5. The molecule has 8 heteroatoms. The molecule has 0 aliphatic carbocycles. The second-order valence-electron chi connectivity index (χ2n) is 7.37. The lowest BCUT2D eigenvalue weighted by atomic mass is 9.86. The summed E-state index contributed by atoms with van der Waals surface area (Å²) in [6.07, 6.45) is 0.190. The van der Waals surface area contributed by atoms with Gasteiger partial charge in [-0.1, -0.05) is 0 Å². The van der Waals surface area contributed by atoms with E-state index in [1.54, 1.807) is 45.2 Å². The Morgan fingerprint density at radius 2 is 1.85 bits per heavy atom. The van der Waals surface area contributed by atoms with Gasteiger partial charge in [0.15, 0.2) is 0 Å². The molecule has 2 aromatic rings. The first-order chi connectivity index (χ1) is 12.6. The van der Waals surface area contributed by atoms with Gasteiger partial charge in [-0.2, -0.15) is 0 Å². The molecule has 0 saturated carbocycles. The van der Waals surface area contributed by atoms with Crippen LogP contribution >= 0.6 is 0 Å². The Labute approximate surface area is 157 Å². The van der Waals surface area contributed by atoms with Crippen molar-refractivity contribution in [3.63, 3.8) is 0 Å². The zero-order chi connectivity index (χ0) is 19.6. The Kier molecular flexibility index (Phi) is 3.61. The predicted octanol–water partition coefficient (Wildman–Crippen LogP) is 2.24. The van der Waals surface area contributed by atoms with Gasteiger partial charge in [-0.15, -0.1) is 0 Å². The van der Waals surface area contributed by atoms with Gasteiger partial charge in [0.2, 0.25) is 11.8 Å². The SMILES string of the molecule is CN1C(=O)Cc2cc(S(=O)(=O)Nc3ccc4c(c3)C(C)(C)C(=O)N4)ccc21. The lowest BCUT2D eigenvalue weighted by Crippen LogP contribution is -2.26. The number of amides is 2. The summed E-state index contributed by atoms with van der Waals surface area (Å²) in [5.41, 5.74) is 2.50. The van der Waals surface area contributed by atoms with E-state index in [2.05, 4.69) is 10.0 Å². The minimum absolute atomic E-state index is 0.0643. The molecule has 4 rings (SSSR count). The van der Waals surface area contributed by atoms with Crippen molar-refractivity contribution in [2.24, 2.45) is 0 Å². The third kappa shape index (κ3) is 2.68. The highest BCUT2D eigenvalue weighted by Gasteiger charge is 2.38. The summed E-state index contributed by atoms with van der Waals surface area (Å²) in [5, 5.41) is 2.79. The standard InChI is InChI=1S/C19H19N3O4S/c1-19(2)14-10-12(4-6-15(14)20-18(19)24)21-27(25,26)13-5-7-16-11(8-13)9-17(23)22(16)3/h4-8,10,21H,9H2,1-3H3,(H,20,24). The lowest BCUT2D eigenvalue weighted by molar-refractivity contribution is -0.119. The maximum Gasteiger partial charge on any atom is 0.261 e. The van der Waals surface area contributed by atoms with Crippen molar-refractivity contribution in [1.82, 2.24) is 0 Å². The van der Waals surface area contributed by atoms with Gasteiger partial charge < -0.3 is 10.2 Å². The average molecular weight is 385 g/mol. The summed E-state index contributed by atoms with van der Waals surface area (Å²) in [5.74, 6) is -0.185. The molecule has 2 aromatic carbocycles. The predicted molar refractivity (Wildman–Crippen MR) is 102 cm³/mol. The number of fused-ring (bicyclic) bond motifs is 2. The third-order valence-electron chi connectivity index (χ3n) is 5.20. The number of nitrogens with one attached hydrogen (secondary N) is 2. The Balaban J connectivity index is 1.66. The second kappa shape index (κ2) is 5.56. The zero-order valence-corrected chi connectivity index (χ0v) is 16.0. The summed E-state index contributed by atoms with van der Waals surface area (Å²) in [6.45, 7) is 3.58. The van der Waals surface area contributed by atoms with Gasteiger partial charge in [-0.3, -0.25) is 14.3 Å². The first kappa shape index (κ1) is 17.5. The fourth-order valence-corrected chi connectivity index (χ4v) is 4.56. The van der Waals surface area contributed by atoms with Crippen LogP contribution in [0.2, 0.25) is 0 Å². The molecule has 27 heavy (non-hydrogen) atoms. The molecule has 2 aliphatic heterocycles. The zero-order valence-electron chi connectivity index (χ0n) is 15.2. The monoisotopic (exact) mass is 385 g/mol. The van der Waals surface area contributed by atoms with E-state index in [4.69, 9.17) is 0 Å². The number of carbonyl (C=O) groups is 2. The minimum atomic E-state index is -3.82. The molecule has 2 N–H and O–H groups in total. The van der Waals surface area contributed by atoms with Gasteiger partial charge in [-0.05, 0) is 61.4 Å². The van der Waals surface area contributed by atoms with Gasteiger partial charge in [0.1, 0.15) is 0 Å². The maximum atomic E-state index is 12.8. The van der Waals surface area contributed by atoms with Crippen LogP contribution in [0.1, 0.15) is 25.0 Å². The molecule has 0 aromatic heterocycles. The number of benzene rings is 2. The van der Waals surface area contributed by atoms with Crippen molar-refractivity contribution in [2.75, 3.05) is 22.0 Å². The molecule has 0 bridgehead atoms. The van der Waals surface area contributed by atoms with E-state index >= 15 is 0 Å². The van der Waals surface area contributed by atoms with E-state index in [1.807, 2.05) is 0 Å². The van der Waals surface area contributed by atoms with E-state index < -0.39 is 15.4 Å². The molecule has 0 fully saturated rings. The van der Waals surface area contributed by atoms with Crippen molar-refractivity contribution in [1.29, 1.82) is 0 Å². The summed E-state index contributed by atoms with van der Waals surface area (Å²) in [6, 6.07) is 9.64. The highest BCUT2D eigenvalue weighted by atomic mass is 32.2. The van der Waals surface area contributed by atoms with Crippen molar-refractivity contribution in [3.8, 4) is 0 Å². The van der Waals surface area contributed by atoms with Gasteiger partial charge in [0.25, 0.3) is 10.0 Å². The Morgan fingerprint density at radius 3 is 2.59 bits per heavy atom.